The molecular weight excluding hydrogens is 381 g/mol. The minimum absolute atomic E-state index is 0. The van der Waals surface area contributed by atoms with E-state index in [1.807, 2.05) is 11.9 Å². The standard InChI is InChI=1S/C21H33N3O.2ClH/c1-17-14-20(11-13-24(17)16-19-6-4-3-5-7-19)23(2)21(25)9-8-18-10-12-22-15-18;;/h3-7,17-18,20,22H,8-16H2,1-2H3;2*1H. The Morgan fingerprint density at radius 2 is 1.96 bits per heavy atom. The fraction of sp³-hybridized carbons (Fsp3) is 0.667. The molecule has 2 aliphatic heterocycles. The fourth-order valence-electron chi connectivity index (χ4n) is 4.27. The number of piperidine rings is 1. The first kappa shape index (κ1) is 24.2. The molecule has 0 radical (unpaired) electrons. The molecule has 2 aliphatic rings. The van der Waals surface area contributed by atoms with Crippen molar-refractivity contribution in [2.75, 3.05) is 26.7 Å². The van der Waals surface area contributed by atoms with Gasteiger partial charge in [0.1, 0.15) is 0 Å². The second-order valence-corrected chi connectivity index (χ2v) is 7.89. The maximum Gasteiger partial charge on any atom is 0.222 e. The summed E-state index contributed by atoms with van der Waals surface area (Å²) in [7, 11) is 2.01. The number of amides is 1. The number of hydrogen-bond donors (Lipinski definition) is 1. The first-order chi connectivity index (χ1) is 12.1. The zero-order valence-electron chi connectivity index (χ0n) is 16.6. The van der Waals surface area contributed by atoms with Crippen molar-refractivity contribution >= 4 is 30.7 Å². The molecule has 154 valence electrons. The molecular formula is C21H35Cl2N3O. The van der Waals surface area contributed by atoms with Gasteiger partial charge in [-0.25, -0.2) is 0 Å². The van der Waals surface area contributed by atoms with Crippen LogP contribution in [0.1, 0.15) is 44.6 Å². The molecule has 27 heavy (non-hydrogen) atoms. The first-order valence-electron chi connectivity index (χ1n) is 9.88. The second kappa shape index (κ2) is 11.9. The van der Waals surface area contributed by atoms with E-state index < -0.39 is 0 Å². The van der Waals surface area contributed by atoms with Crippen molar-refractivity contribution in [1.82, 2.24) is 15.1 Å². The van der Waals surface area contributed by atoms with Crippen LogP contribution in [0.4, 0.5) is 0 Å². The Morgan fingerprint density at radius 1 is 1.22 bits per heavy atom. The Hall–Kier alpha value is -0.810. The topological polar surface area (TPSA) is 35.6 Å². The summed E-state index contributed by atoms with van der Waals surface area (Å²) < 4.78 is 0. The molecule has 3 rings (SSSR count). The summed E-state index contributed by atoms with van der Waals surface area (Å²) in [6.07, 6.45) is 5.15. The first-order valence-corrected chi connectivity index (χ1v) is 9.88. The van der Waals surface area contributed by atoms with Crippen LogP contribution in [0, 0.1) is 5.92 Å². The van der Waals surface area contributed by atoms with Gasteiger partial charge in [0.25, 0.3) is 0 Å². The molecule has 4 nitrogen and oxygen atoms in total. The SMILES string of the molecule is CC1CC(N(C)C(=O)CCC2CCNC2)CCN1Cc1ccccc1.Cl.Cl. The number of rotatable bonds is 6. The third-order valence-electron chi connectivity index (χ3n) is 6.08. The maximum atomic E-state index is 12.6. The van der Waals surface area contributed by atoms with E-state index in [4.69, 9.17) is 0 Å². The van der Waals surface area contributed by atoms with Crippen LogP contribution in [-0.2, 0) is 11.3 Å². The molecule has 2 saturated heterocycles. The lowest BCUT2D eigenvalue weighted by Gasteiger charge is -2.41. The Bertz CT molecular complexity index is 552. The van der Waals surface area contributed by atoms with Gasteiger partial charge in [-0.05, 0) is 57.2 Å². The van der Waals surface area contributed by atoms with Crippen LogP contribution in [-0.4, -0.2) is 54.5 Å². The smallest absolute Gasteiger partial charge is 0.222 e. The number of nitrogens with zero attached hydrogens (tertiary/aromatic N) is 2. The number of benzene rings is 1. The van der Waals surface area contributed by atoms with E-state index in [0.717, 1.165) is 45.4 Å². The van der Waals surface area contributed by atoms with Crippen LogP contribution < -0.4 is 5.32 Å². The average molecular weight is 416 g/mol. The maximum absolute atomic E-state index is 12.6. The molecule has 3 unspecified atom stereocenters. The quantitative estimate of drug-likeness (QED) is 0.768. The average Bonchev–Trinajstić information content (AvgIpc) is 3.15. The predicted octanol–water partition coefficient (Wildman–Crippen LogP) is 3.73. The number of nitrogens with one attached hydrogen (secondary N) is 1. The third-order valence-corrected chi connectivity index (χ3v) is 6.08. The molecule has 0 aliphatic carbocycles. The summed E-state index contributed by atoms with van der Waals surface area (Å²) in [4.78, 5) is 17.2. The second-order valence-electron chi connectivity index (χ2n) is 7.89. The van der Waals surface area contributed by atoms with Crippen LogP contribution in [0.2, 0.25) is 0 Å². The molecule has 1 aromatic carbocycles. The van der Waals surface area contributed by atoms with E-state index in [2.05, 4.69) is 47.5 Å². The Morgan fingerprint density at radius 3 is 2.59 bits per heavy atom. The summed E-state index contributed by atoms with van der Waals surface area (Å²) in [6, 6.07) is 11.6. The van der Waals surface area contributed by atoms with E-state index in [0.29, 0.717) is 30.3 Å². The summed E-state index contributed by atoms with van der Waals surface area (Å²) in [5.41, 5.74) is 1.38. The Balaban J connectivity index is 0.00000182. The number of carbonyl (C=O) groups is 1. The van der Waals surface area contributed by atoms with Gasteiger partial charge in [0.15, 0.2) is 0 Å². The van der Waals surface area contributed by atoms with Gasteiger partial charge < -0.3 is 10.2 Å². The van der Waals surface area contributed by atoms with Gasteiger partial charge in [-0.2, -0.15) is 0 Å². The highest BCUT2D eigenvalue weighted by atomic mass is 35.5. The van der Waals surface area contributed by atoms with Crippen LogP contribution >= 0.6 is 24.8 Å². The van der Waals surface area contributed by atoms with E-state index in [1.54, 1.807) is 0 Å². The summed E-state index contributed by atoms with van der Waals surface area (Å²) in [5.74, 6) is 1.03. The third kappa shape index (κ3) is 6.94. The normalized spacial score (nSPS) is 25.3. The Kier molecular flexibility index (Phi) is 10.7. The van der Waals surface area contributed by atoms with Crippen molar-refractivity contribution in [3.05, 3.63) is 35.9 Å². The summed E-state index contributed by atoms with van der Waals surface area (Å²) >= 11 is 0. The lowest BCUT2D eigenvalue weighted by molar-refractivity contribution is -0.133. The van der Waals surface area contributed by atoms with Crippen LogP contribution in [0.5, 0.6) is 0 Å². The lowest BCUT2D eigenvalue weighted by Crippen LogP contribution is -2.49. The van der Waals surface area contributed by atoms with Crippen molar-refractivity contribution in [3.8, 4) is 0 Å². The molecule has 2 heterocycles. The number of carbonyl (C=O) groups excluding carboxylic acids is 1. The van der Waals surface area contributed by atoms with Gasteiger partial charge in [0.05, 0.1) is 0 Å². The molecule has 1 aromatic rings. The highest BCUT2D eigenvalue weighted by Crippen LogP contribution is 2.24. The van der Waals surface area contributed by atoms with Crippen molar-refractivity contribution in [2.45, 2.75) is 57.7 Å². The van der Waals surface area contributed by atoms with Gasteiger partial charge >= 0.3 is 0 Å². The fourth-order valence-corrected chi connectivity index (χ4v) is 4.27. The van der Waals surface area contributed by atoms with E-state index in [1.165, 1.54) is 12.0 Å². The summed E-state index contributed by atoms with van der Waals surface area (Å²) in [5, 5.41) is 3.39. The Labute approximate surface area is 176 Å². The molecule has 6 heteroatoms. The molecule has 1 amide bonds. The number of halogens is 2. The number of likely N-dealkylation sites (tertiary alicyclic amines) is 1. The van der Waals surface area contributed by atoms with Crippen molar-refractivity contribution in [1.29, 1.82) is 0 Å². The highest BCUT2D eigenvalue weighted by molar-refractivity contribution is 5.85. The van der Waals surface area contributed by atoms with Crippen molar-refractivity contribution in [3.63, 3.8) is 0 Å². The monoisotopic (exact) mass is 415 g/mol. The minimum Gasteiger partial charge on any atom is -0.343 e. The molecule has 0 aromatic heterocycles. The minimum atomic E-state index is 0. The molecule has 0 bridgehead atoms. The van der Waals surface area contributed by atoms with Gasteiger partial charge in [0, 0.05) is 38.6 Å². The zero-order chi connectivity index (χ0) is 17.6. The number of hydrogen-bond acceptors (Lipinski definition) is 3. The molecule has 3 atom stereocenters. The van der Waals surface area contributed by atoms with Gasteiger partial charge in [-0.3, -0.25) is 9.69 Å². The van der Waals surface area contributed by atoms with Crippen LogP contribution in [0.15, 0.2) is 30.3 Å². The van der Waals surface area contributed by atoms with Crippen molar-refractivity contribution in [2.24, 2.45) is 5.92 Å². The van der Waals surface area contributed by atoms with E-state index >= 15 is 0 Å². The molecule has 0 saturated carbocycles. The lowest BCUT2D eigenvalue weighted by atomic mass is 9.95. The largest absolute Gasteiger partial charge is 0.343 e. The van der Waals surface area contributed by atoms with Gasteiger partial charge in [-0.15, -0.1) is 24.8 Å². The van der Waals surface area contributed by atoms with Crippen LogP contribution in [0.3, 0.4) is 0 Å². The van der Waals surface area contributed by atoms with E-state index in [9.17, 15) is 4.79 Å². The van der Waals surface area contributed by atoms with Gasteiger partial charge in [-0.1, -0.05) is 30.3 Å². The van der Waals surface area contributed by atoms with E-state index in [-0.39, 0.29) is 24.8 Å². The predicted molar refractivity (Wildman–Crippen MR) is 117 cm³/mol. The highest BCUT2D eigenvalue weighted by Gasteiger charge is 2.30. The van der Waals surface area contributed by atoms with Crippen LogP contribution in [0.25, 0.3) is 0 Å². The zero-order valence-corrected chi connectivity index (χ0v) is 18.2. The molecule has 2 fully saturated rings. The molecule has 1 N–H and O–H groups in total. The van der Waals surface area contributed by atoms with Crippen molar-refractivity contribution < 1.29 is 4.79 Å². The summed E-state index contributed by atoms with van der Waals surface area (Å²) in [6.45, 7) is 6.60. The van der Waals surface area contributed by atoms with Gasteiger partial charge in [0.2, 0.25) is 5.91 Å². The molecule has 0 spiro atoms.